The number of nitrogens with zero attached hydrogens (tertiary/aromatic N) is 1. The van der Waals surface area contributed by atoms with E-state index in [9.17, 15) is 14.7 Å². The molecule has 0 aliphatic carbocycles. The van der Waals surface area contributed by atoms with E-state index in [-0.39, 0.29) is 24.5 Å². The smallest absolute Gasteiger partial charge is 0.311 e. The molecule has 1 aliphatic heterocycles. The van der Waals surface area contributed by atoms with Crippen molar-refractivity contribution in [1.29, 1.82) is 0 Å². The Balaban J connectivity index is 2.22. The van der Waals surface area contributed by atoms with E-state index in [0.717, 1.165) is 5.56 Å². The first-order valence-corrected chi connectivity index (χ1v) is 6.29. The summed E-state index contributed by atoms with van der Waals surface area (Å²) in [6.07, 6.45) is 0. The Bertz CT molecular complexity index is 542. The standard InChI is InChI=1S/C14H17NO5/c1-8-3-4-9(12(16)5-8)13(17)15(2)11-7-20-6-10(11)14(18)19/h3-5,10-11,16H,6-7H2,1-2H3,(H,18,19). The largest absolute Gasteiger partial charge is 0.507 e. The van der Waals surface area contributed by atoms with Crippen molar-refractivity contribution in [2.45, 2.75) is 13.0 Å². The molecule has 2 N–H and O–H groups in total. The first-order chi connectivity index (χ1) is 9.41. The number of aromatic hydroxyl groups is 1. The summed E-state index contributed by atoms with van der Waals surface area (Å²) in [4.78, 5) is 24.8. The predicted molar refractivity (Wildman–Crippen MR) is 70.7 cm³/mol. The number of phenols is 1. The van der Waals surface area contributed by atoms with Crippen molar-refractivity contribution in [2.75, 3.05) is 20.3 Å². The van der Waals surface area contributed by atoms with Crippen molar-refractivity contribution < 1.29 is 24.5 Å². The van der Waals surface area contributed by atoms with Crippen molar-refractivity contribution in [3.05, 3.63) is 29.3 Å². The lowest BCUT2D eigenvalue weighted by molar-refractivity contribution is -0.142. The van der Waals surface area contributed by atoms with Gasteiger partial charge in [0.15, 0.2) is 0 Å². The fourth-order valence-electron chi connectivity index (χ4n) is 2.32. The van der Waals surface area contributed by atoms with Crippen LogP contribution in [0.1, 0.15) is 15.9 Å². The maximum absolute atomic E-state index is 12.3. The van der Waals surface area contributed by atoms with Gasteiger partial charge in [-0.2, -0.15) is 0 Å². The molecule has 2 unspecified atom stereocenters. The average Bonchev–Trinajstić information content (AvgIpc) is 2.86. The zero-order chi connectivity index (χ0) is 14.9. The molecular weight excluding hydrogens is 262 g/mol. The van der Waals surface area contributed by atoms with E-state index in [2.05, 4.69) is 0 Å². The number of carboxylic acid groups (broad SMARTS) is 1. The summed E-state index contributed by atoms with van der Waals surface area (Å²) in [5.74, 6) is -2.24. The Morgan fingerprint density at radius 3 is 2.65 bits per heavy atom. The van der Waals surface area contributed by atoms with Gasteiger partial charge in [-0.15, -0.1) is 0 Å². The second-order valence-corrected chi connectivity index (χ2v) is 4.99. The number of phenolic OH excluding ortho intramolecular Hbond substituents is 1. The summed E-state index contributed by atoms with van der Waals surface area (Å²) < 4.78 is 5.15. The number of rotatable bonds is 3. The van der Waals surface area contributed by atoms with Gasteiger partial charge in [0.05, 0.1) is 24.8 Å². The number of hydrogen-bond acceptors (Lipinski definition) is 4. The molecular formula is C14H17NO5. The number of aryl methyl sites for hydroxylation is 1. The number of amides is 1. The molecule has 0 bridgehead atoms. The van der Waals surface area contributed by atoms with Gasteiger partial charge in [0.25, 0.3) is 5.91 Å². The van der Waals surface area contributed by atoms with Gasteiger partial charge in [0, 0.05) is 7.05 Å². The number of likely N-dealkylation sites (N-methyl/N-ethyl adjacent to an activating group) is 1. The van der Waals surface area contributed by atoms with Crippen LogP contribution < -0.4 is 0 Å². The summed E-state index contributed by atoms with van der Waals surface area (Å²) in [5.41, 5.74) is 1.00. The highest BCUT2D eigenvalue weighted by Crippen LogP contribution is 2.24. The number of carbonyl (C=O) groups is 2. The molecule has 108 valence electrons. The van der Waals surface area contributed by atoms with Crippen LogP contribution in [0, 0.1) is 12.8 Å². The topological polar surface area (TPSA) is 87.1 Å². The van der Waals surface area contributed by atoms with E-state index in [4.69, 9.17) is 9.84 Å². The van der Waals surface area contributed by atoms with Crippen LogP contribution >= 0.6 is 0 Å². The molecule has 1 aliphatic rings. The number of aliphatic carboxylic acids is 1. The predicted octanol–water partition coefficient (Wildman–Crippen LogP) is 0.872. The molecule has 2 atom stereocenters. The average molecular weight is 279 g/mol. The van der Waals surface area contributed by atoms with Gasteiger partial charge in [-0.1, -0.05) is 6.07 Å². The fourth-order valence-corrected chi connectivity index (χ4v) is 2.32. The van der Waals surface area contributed by atoms with Crippen molar-refractivity contribution >= 4 is 11.9 Å². The third kappa shape index (κ3) is 2.60. The number of hydrogen-bond donors (Lipinski definition) is 2. The van der Waals surface area contributed by atoms with Crippen LogP contribution in [0.25, 0.3) is 0 Å². The lowest BCUT2D eigenvalue weighted by atomic mass is 10.0. The molecule has 1 aromatic carbocycles. The van der Waals surface area contributed by atoms with E-state index < -0.39 is 23.8 Å². The summed E-state index contributed by atoms with van der Waals surface area (Å²) >= 11 is 0. The van der Waals surface area contributed by atoms with E-state index in [1.807, 2.05) is 6.92 Å². The molecule has 1 aromatic rings. The summed E-state index contributed by atoms with van der Waals surface area (Å²) in [5, 5.41) is 18.9. The molecule has 6 heteroatoms. The van der Waals surface area contributed by atoms with Gasteiger partial charge in [-0.05, 0) is 24.6 Å². The Kier molecular flexibility index (Phi) is 3.94. The minimum atomic E-state index is -0.986. The van der Waals surface area contributed by atoms with Crippen molar-refractivity contribution in [1.82, 2.24) is 4.90 Å². The van der Waals surface area contributed by atoms with E-state index in [1.165, 1.54) is 24.1 Å². The van der Waals surface area contributed by atoms with Gasteiger partial charge in [-0.25, -0.2) is 0 Å². The van der Waals surface area contributed by atoms with Crippen molar-refractivity contribution in [2.24, 2.45) is 5.92 Å². The van der Waals surface area contributed by atoms with Gasteiger partial charge in [0.1, 0.15) is 11.7 Å². The molecule has 1 heterocycles. The van der Waals surface area contributed by atoms with Crippen molar-refractivity contribution in [3.63, 3.8) is 0 Å². The number of benzene rings is 1. The Hall–Kier alpha value is -2.08. The molecule has 0 aromatic heterocycles. The SMILES string of the molecule is Cc1ccc(C(=O)N(C)C2COCC2C(=O)O)c(O)c1. The highest BCUT2D eigenvalue weighted by Gasteiger charge is 2.39. The highest BCUT2D eigenvalue weighted by molar-refractivity contribution is 5.97. The Labute approximate surface area is 116 Å². The molecule has 1 fully saturated rings. The fraction of sp³-hybridized carbons (Fsp3) is 0.429. The van der Waals surface area contributed by atoms with Gasteiger partial charge in [-0.3, -0.25) is 9.59 Å². The molecule has 0 radical (unpaired) electrons. The van der Waals surface area contributed by atoms with Gasteiger partial charge in [0.2, 0.25) is 0 Å². The maximum Gasteiger partial charge on any atom is 0.311 e. The molecule has 0 saturated carbocycles. The van der Waals surface area contributed by atoms with Crippen molar-refractivity contribution in [3.8, 4) is 5.75 Å². The third-order valence-corrected chi connectivity index (χ3v) is 3.57. The molecule has 0 spiro atoms. The zero-order valence-corrected chi connectivity index (χ0v) is 11.4. The van der Waals surface area contributed by atoms with E-state index in [1.54, 1.807) is 6.07 Å². The first-order valence-electron chi connectivity index (χ1n) is 6.29. The minimum Gasteiger partial charge on any atom is -0.507 e. The number of carbonyl (C=O) groups excluding carboxylic acids is 1. The van der Waals surface area contributed by atoms with E-state index in [0.29, 0.717) is 0 Å². The number of carboxylic acids is 1. The minimum absolute atomic E-state index is 0.0947. The molecule has 20 heavy (non-hydrogen) atoms. The zero-order valence-electron chi connectivity index (χ0n) is 11.4. The second kappa shape index (κ2) is 5.50. The van der Waals surface area contributed by atoms with Crippen LogP contribution in [-0.2, 0) is 9.53 Å². The monoisotopic (exact) mass is 279 g/mol. The highest BCUT2D eigenvalue weighted by atomic mass is 16.5. The number of ether oxygens (including phenoxy) is 1. The quantitative estimate of drug-likeness (QED) is 0.857. The Morgan fingerprint density at radius 2 is 2.05 bits per heavy atom. The summed E-state index contributed by atoms with van der Waals surface area (Å²) in [7, 11) is 1.52. The Morgan fingerprint density at radius 1 is 1.35 bits per heavy atom. The van der Waals surface area contributed by atoms with Crippen LogP contribution in [0.5, 0.6) is 5.75 Å². The maximum atomic E-state index is 12.3. The van der Waals surface area contributed by atoms with Crippen LogP contribution in [-0.4, -0.2) is 53.3 Å². The lowest BCUT2D eigenvalue weighted by Gasteiger charge is -2.26. The molecule has 2 rings (SSSR count). The molecule has 1 amide bonds. The molecule has 1 saturated heterocycles. The first kappa shape index (κ1) is 14.3. The molecule has 6 nitrogen and oxygen atoms in total. The van der Waals surface area contributed by atoms with E-state index >= 15 is 0 Å². The van der Waals surface area contributed by atoms with Gasteiger partial charge < -0.3 is 19.8 Å². The summed E-state index contributed by atoms with van der Waals surface area (Å²) in [6, 6.07) is 4.23. The van der Waals surface area contributed by atoms with Crippen LogP contribution in [0.2, 0.25) is 0 Å². The normalized spacial score (nSPS) is 21.7. The second-order valence-electron chi connectivity index (χ2n) is 4.99. The summed E-state index contributed by atoms with van der Waals surface area (Å²) in [6.45, 7) is 2.09. The lowest BCUT2D eigenvalue weighted by Crippen LogP contribution is -2.44. The van der Waals surface area contributed by atoms with Crippen LogP contribution in [0.3, 0.4) is 0 Å². The van der Waals surface area contributed by atoms with Crippen LogP contribution in [0.15, 0.2) is 18.2 Å². The van der Waals surface area contributed by atoms with Gasteiger partial charge >= 0.3 is 5.97 Å². The van der Waals surface area contributed by atoms with Crippen LogP contribution in [0.4, 0.5) is 0 Å². The third-order valence-electron chi connectivity index (χ3n) is 3.57.